The highest BCUT2D eigenvalue weighted by atomic mass is 19.1. The Labute approximate surface area is 148 Å². The van der Waals surface area contributed by atoms with Gasteiger partial charge in [-0.3, -0.25) is 4.79 Å². The van der Waals surface area contributed by atoms with Crippen molar-refractivity contribution in [3.05, 3.63) is 82.6 Å². The molecule has 4 rings (SSSR count). The predicted octanol–water partition coefficient (Wildman–Crippen LogP) is 2.62. The van der Waals surface area contributed by atoms with E-state index in [-0.39, 0.29) is 30.4 Å². The highest BCUT2D eigenvalue weighted by molar-refractivity contribution is 6.01. The van der Waals surface area contributed by atoms with E-state index in [9.17, 15) is 18.4 Å². The fraction of sp³-hybridized carbons (Fsp3) is 0.158. The summed E-state index contributed by atoms with van der Waals surface area (Å²) in [4.78, 5) is 26.4. The van der Waals surface area contributed by atoms with Gasteiger partial charge in [-0.2, -0.15) is 0 Å². The molecule has 2 aromatic rings. The number of halogens is 2. The second kappa shape index (κ2) is 6.25. The maximum atomic E-state index is 14.2. The van der Waals surface area contributed by atoms with Crippen LogP contribution in [0.5, 0.6) is 0 Å². The summed E-state index contributed by atoms with van der Waals surface area (Å²) in [5.74, 6) is -1.13. The molecule has 0 fully saturated rings. The second-order valence-corrected chi connectivity index (χ2v) is 6.23. The van der Waals surface area contributed by atoms with E-state index in [1.54, 1.807) is 35.2 Å². The summed E-state index contributed by atoms with van der Waals surface area (Å²) >= 11 is 0. The summed E-state index contributed by atoms with van der Waals surface area (Å²) in [6.45, 7) is 0.482. The van der Waals surface area contributed by atoms with Crippen LogP contribution in [0, 0.1) is 11.6 Å². The summed E-state index contributed by atoms with van der Waals surface area (Å²) in [6.07, 6.45) is 0. The van der Waals surface area contributed by atoms with E-state index in [4.69, 9.17) is 0 Å². The number of urea groups is 1. The number of carbonyl (C=O) groups excluding carboxylic acids is 2. The Hall–Kier alpha value is -3.22. The van der Waals surface area contributed by atoms with E-state index in [2.05, 4.69) is 10.6 Å². The lowest BCUT2D eigenvalue weighted by atomic mass is 9.96. The Balaban J connectivity index is 1.64. The van der Waals surface area contributed by atoms with Crippen molar-refractivity contribution in [2.45, 2.75) is 12.6 Å². The number of hydrogen-bond donors (Lipinski definition) is 2. The van der Waals surface area contributed by atoms with Gasteiger partial charge in [0.05, 0.1) is 23.9 Å². The number of nitrogens with one attached hydrogen (secondary N) is 2. The molecule has 0 saturated heterocycles. The molecule has 2 N–H and O–H groups in total. The maximum absolute atomic E-state index is 14.2. The third-order valence-electron chi connectivity index (χ3n) is 4.52. The SMILES string of the molecule is O=C1NC2=C(C(=O)N(Cc3ccc(F)cc3)C2)[C@H](c2ccccc2F)N1. The maximum Gasteiger partial charge on any atom is 0.319 e. The average Bonchev–Trinajstić information content (AvgIpc) is 2.92. The lowest BCUT2D eigenvalue weighted by Crippen LogP contribution is -2.44. The van der Waals surface area contributed by atoms with Crippen LogP contribution in [0.4, 0.5) is 13.6 Å². The number of nitrogens with zero attached hydrogens (tertiary/aromatic N) is 1. The van der Waals surface area contributed by atoms with Crippen LogP contribution >= 0.6 is 0 Å². The lowest BCUT2D eigenvalue weighted by molar-refractivity contribution is -0.126. The third kappa shape index (κ3) is 2.81. The average molecular weight is 355 g/mol. The molecule has 5 nitrogen and oxygen atoms in total. The molecule has 2 heterocycles. The van der Waals surface area contributed by atoms with Crippen molar-refractivity contribution in [3.63, 3.8) is 0 Å². The van der Waals surface area contributed by atoms with Crippen molar-refractivity contribution in [1.29, 1.82) is 0 Å². The fourth-order valence-corrected chi connectivity index (χ4v) is 3.31. The Morgan fingerprint density at radius 3 is 2.50 bits per heavy atom. The van der Waals surface area contributed by atoms with E-state index < -0.39 is 17.9 Å². The van der Waals surface area contributed by atoms with E-state index in [1.165, 1.54) is 18.2 Å². The minimum absolute atomic E-state index is 0.212. The quantitative estimate of drug-likeness (QED) is 0.889. The second-order valence-electron chi connectivity index (χ2n) is 6.23. The molecule has 0 saturated carbocycles. The van der Waals surface area contributed by atoms with Crippen LogP contribution in [0.2, 0.25) is 0 Å². The topological polar surface area (TPSA) is 61.4 Å². The van der Waals surface area contributed by atoms with Gasteiger partial charge in [-0.25, -0.2) is 13.6 Å². The highest BCUT2D eigenvalue weighted by Gasteiger charge is 2.41. The first-order chi connectivity index (χ1) is 12.5. The van der Waals surface area contributed by atoms with Crippen LogP contribution in [0.3, 0.4) is 0 Å². The first-order valence-corrected chi connectivity index (χ1v) is 8.11. The molecule has 0 aliphatic carbocycles. The molecule has 2 aliphatic rings. The smallest absolute Gasteiger partial charge is 0.319 e. The standard InChI is InChI=1S/C19H15F2N3O2/c20-12-7-5-11(6-8-12)9-24-10-15-16(18(24)25)17(23-19(26)22-15)13-3-1-2-4-14(13)21/h1-8,17H,9-10H2,(H2,22,23,26)/t17-/m0/s1. The first-order valence-electron chi connectivity index (χ1n) is 8.11. The van der Waals surface area contributed by atoms with Crippen LogP contribution in [0.1, 0.15) is 17.2 Å². The van der Waals surface area contributed by atoms with Gasteiger partial charge in [0.25, 0.3) is 5.91 Å². The van der Waals surface area contributed by atoms with Gasteiger partial charge in [0.1, 0.15) is 11.6 Å². The van der Waals surface area contributed by atoms with E-state index in [0.717, 1.165) is 5.56 Å². The van der Waals surface area contributed by atoms with Gasteiger partial charge in [0.15, 0.2) is 0 Å². The number of rotatable bonds is 3. The van der Waals surface area contributed by atoms with Gasteiger partial charge in [0, 0.05) is 12.1 Å². The van der Waals surface area contributed by atoms with Gasteiger partial charge in [-0.1, -0.05) is 30.3 Å². The molecule has 26 heavy (non-hydrogen) atoms. The Morgan fingerprint density at radius 1 is 1.04 bits per heavy atom. The van der Waals surface area contributed by atoms with Gasteiger partial charge in [0.2, 0.25) is 0 Å². The van der Waals surface area contributed by atoms with Gasteiger partial charge < -0.3 is 15.5 Å². The van der Waals surface area contributed by atoms with Gasteiger partial charge in [-0.05, 0) is 23.8 Å². The highest BCUT2D eigenvalue weighted by Crippen LogP contribution is 2.34. The van der Waals surface area contributed by atoms with E-state index in [1.807, 2.05) is 0 Å². The monoisotopic (exact) mass is 355 g/mol. The zero-order chi connectivity index (χ0) is 18.3. The summed E-state index contributed by atoms with van der Waals surface area (Å²) in [6, 6.07) is 10.6. The number of carbonyl (C=O) groups is 2. The fourth-order valence-electron chi connectivity index (χ4n) is 3.31. The molecular formula is C19H15F2N3O2. The lowest BCUT2D eigenvalue weighted by Gasteiger charge is -2.25. The molecule has 2 aromatic carbocycles. The normalized spacial score (nSPS) is 19.3. The summed E-state index contributed by atoms with van der Waals surface area (Å²) in [7, 11) is 0. The summed E-state index contributed by atoms with van der Waals surface area (Å²) in [5, 5.41) is 5.26. The zero-order valence-electron chi connectivity index (χ0n) is 13.6. The van der Waals surface area contributed by atoms with Crippen molar-refractivity contribution >= 4 is 11.9 Å². The first kappa shape index (κ1) is 16.3. The van der Waals surface area contributed by atoms with Crippen LogP contribution in [0.25, 0.3) is 0 Å². The van der Waals surface area contributed by atoms with E-state index in [0.29, 0.717) is 11.3 Å². The molecule has 0 bridgehead atoms. The molecule has 0 aromatic heterocycles. The van der Waals surface area contributed by atoms with Crippen molar-refractivity contribution in [2.75, 3.05) is 6.54 Å². The molecule has 1 atom stereocenters. The Bertz CT molecular complexity index is 925. The molecule has 0 radical (unpaired) electrons. The van der Waals surface area contributed by atoms with Crippen molar-refractivity contribution < 1.29 is 18.4 Å². The molecule has 7 heteroatoms. The molecule has 2 aliphatic heterocycles. The zero-order valence-corrected chi connectivity index (χ0v) is 13.6. The van der Waals surface area contributed by atoms with Gasteiger partial charge >= 0.3 is 6.03 Å². The minimum Gasteiger partial charge on any atom is -0.329 e. The summed E-state index contributed by atoms with van der Waals surface area (Å²) in [5.41, 5.74) is 1.80. The number of amides is 3. The van der Waals surface area contributed by atoms with Gasteiger partial charge in [-0.15, -0.1) is 0 Å². The largest absolute Gasteiger partial charge is 0.329 e. The van der Waals surface area contributed by atoms with Crippen LogP contribution < -0.4 is 10.6 Å². The van der Waals surface area contributed by atoms with Crippen molar-refractivity contribution in [2.24, 2.45) is 0 Å². The molecular weight excluding hydrogens is 340 g/mol. The molecule has 3 amide bonds. The third-order valence-corrected chi connectivity index (χ3v) is 4.52. The molecule has 132 valence electrons. The summed E-state index contributed by atoms with van der Waals surface area (Å²) < 4.78 is 27.3. The van der Waals surface area contributed by atoms with Crippen molar-refractivity contribution in [3.8, 4) is 0 Å². The van der Waals surface area contributed by atoms with Crippen LogP contribution in [-0.4, -0.2) is 23.4 Å². The number of benzene rings is 2. The Kier molecular flexibility index (Phi) is 3.91. The van der Waals surface area contributed by atoms with Crippen LogP contribution in [0.15, 0.2) is 59.8 Å². The Morgan fingerprint density at radius 2 is 1.77 bits per heavy atom. The molecule has 0 spiro atoms. The predicted molar refractivity (Wildman–Crippen MR) is 89.7 cm³/mol. The van der Waals surface area contributed by atoms with Crippen LogP contribution in [-0.2, 0) is 11.3 Å². The van der Waals surface area contributed by atoms with E-state index >= 15 is 0 Å². The number of hydrogen-bond acceptors (Lipinski definition) is 2. The van der Waals surface area contributed by atoms with Crippen molar-refractivity contribution in [1.82, 2.24) is 15.5 Å². The minimum atomic E-state index is -0.842. The molecule has 0 unspecified atom stereocenters.